The average molecular weight is 835 g/mol. The third-order valence-corrected chi connectivity index (χ3v) is 11.0. The summed E-state index contributed by atoms with van der Waals surface area (Å²) in [5, 5.41) is 5.49. The molecule has 0 unspecified atom stereocenters. The van der Waals surface area contributed by atoms with Crippen molar-refractivity contribution in [2.24, 2.45) is 0 Å². The van der Waals surface area contributed by atoms with Gasteiger partial charge in [-0.3, -0.25) is 9.59 Å². The van der Waals surface area contributed by atoms with Crippen molar-refractivity contribution in [2.45, 2.75) is 84.3 Å². The van der Waals surface area contributed by atoms with Gasteiger partial charge >= 0.3 is 24.5 Å². The summed E-state index contributed by atoms with van der Waals surface area (Å²) in [6, 6.07) is 33.2. The highest BCUT2D eigenvalue weighted by molar-refractivity contribution is 6.09. The summed E-state index contributed by atoms with van der Waals surface area (Å²) in [5.41, 5.74) is 6.18. The molecule has 322 valence electrons. The molecule has 0 spiro atoms. The summed E-state index contributed by atoms with van der Waals surface area (Å²) >= 11 is 0. The molecule has 14 heteroatoms. The van der Waals surface area contributed by atoms with Crippen LogP contribution in [0.2, 0.25) is 0 Å². The third-order valence-electron chi connectivity index (χ3n) is 11.0. The number of benzene rings is 4. The molecule has 2 N–H and O–H groups in total. The van der Waals surface area contributed by atoms with Crippen LogP contribution in [0.25, 0.3) is 0 Å². The first kappa shape index (κ1) is 48.5. The van der Waals surface area contributed by atoms with E-state index in [1.54, 1.807) is 4.90 Å². The van der Waals surface area contributed by atoms with Gasteiger partial charge in [0.2, 0.25) is 11.8 Å². The van der Waals surface area contributed by atoms with Crippen LogP contribution in [0.5, 0.6) is 0 Å². The van der Waals surface area contributed by atoms with Gasteiger partial charge < -0.3 is 29.9 Å². The Labute approximate surface area is 356 Å². The van der Waals surface area contributed by atoms with Crippen LogP contribution in [-0.4, -0.2) is 62.5 Å². The molecule has 2 aliphatic heterocycles. The number of amides is 4. The minimum Gasteiger partial charge on any atom is -0.445 e. The van der Waals surface area contributed by atoms with Crippen molar-refractivity contribution in [2.75, 3.05) is 36.0 Å². The number of aryl methyl sites for hydroxylation is 1. The number of nitrogens with zero attached hydrogens (tertiary/aromatic N) is 2. The van der Waals surface area contributed by atoms with E-state index < -0.39 is 23.0 Å². The quantitative estimate of drug-likeness (QED) is 0.132. The minimum absolute atomic E-state index is 0.119. The van der Waals surface area contributed by atoms with Gasteiger partial charge in [0.1, 0.15) is 13.2 Å². The van der Waals surface area contributed by atoms with Crippen molar-refractivity contribution < 1.29 is 47.8 Å². The molecule has 0 radical (unpaired) electrons. The lowest BCUT2D eigenvalue weighted by atomic mass is 9.77. The maximum atomic E-state index is 13.2. The lowest BCUT2D eigenvalue weighted by molar-refractivity contribution is -0.193. The maximum absolute atomic E-state index is 13.2. The van der Waals surface area contributed by atoms with Crippen molar-refractivity contribution in [3.05, 3.63) is 131 Å². The molecule has 2 heterocycles. The Bertz CT molecular complexity index is 2110. The maximum Gasteiger partial charge on any atom is 0.407 e. The van der Waals surface area contributed by atoms with Gasteiger partial charge in [-0.1, -0.05) is 119 Å². The highest BCUT2D eigenvalue weighted by Gasteiger charge is 2.49. The normalized spacial score (nSPS) is 13.5. The van der Waals surface area contributed by atoms with E-state index in [0.717, 1.165) is 64.9 Å². The summed E-state index contributed by atoms with van der Waals surface area (Å²) in [4.78, 5) is 86.3. The zero-order chi connectivity index (χ0) is 44.8. The summed E-state index contributed by atoms with van der Waals surface area (Å²) in [6.07, 6.45) is 2.61. The standard InChI is InChI=1S/C23H28N2O3.C22H26N2O3.2CO2/c1-4-23(5-2)19-12-11-17(3)15-20(19)25(21(23)26)14-13-24-22(27)28-16-18-9-7-6-8-10-18;1-3-22(4-2)18-12-8-9-13-19(18)24(20(22)25)15-14-23-21(26)27-16-17-10-6-5-7-11-17;2*2-1-3/h6-12,15H,4-5,13-14,16H2,1-3H3,(H,24,27);5-13H,3-4,14-16H2,1-2H3,(H,23,26);;. The van der Waals surface area contributed by atoms with Crippen LogP contribution in [-0.2, 0) is 62.3 Å². The number of hydrogen-bond acceptors (Lipinski definition) is 10. The topological polar surface area (TPSA) is 186 Å². The van der Waals surface area contributed by atoms with Crippen LogP contribution >= 0.6 is 0 Å². The molecular formula is C47H54N4O10. The molecule has 0 aromatic heterocycles. The fraction of sp³-hybridized carbons (Fsp3) is 0.362. The third kappa shape index (κ3) is 12.1. The lowest BCUT2D eigenvalue weighted by Crippen LogP contribution is -2.43. The lowest BCUT2D eigenvalue weighted by Gasteiger charge is -2.26. The van der Waals surface area contributed by atoms with E-state index in [9.17, 15) is 19.2 Å². The molecule has 4 amide bonds. The largest absolute Gasteiger partial charge is 0.445 e. The van der Waals surface area contributed by atoms with Gasteiger partial charge in [-0.25, -0.2) is 9.59 Å². The van der Waals surface area contributed by atoms with Crippen molar-refractivity contribution in [1.82, 2.24) is 10.6 Å². The van der Waals surface area contributed by atoms with Gasteiger partial charge in [-0.2, -0.15) is 19.2 Å². The number of anilines is 2. The number of rotatable bonds is 14. The number of nitrogens with one attached hydrogen (secondary N) is 2. The van der Waals surface area contributed by atoms with Gasteiger partial charge in [0.05, 0.1) is 10.8 Å². The zero-order valence-corrected chi connectivity index (χ0v) is 35.4. The fourth-order valence-corrected chi connectivity index (χ4v) is 7.75. The van der Waals surface area contributed by atoms with Gasteiger partial charge in [0.15, 0.2) is 0 Å². The van der Waals surface area contributed by atoms with Crippen molar-refractivity contribution >= 4 is 47.7 Å². The summed E-state index contributed by atoms with van der Waals surface area (Å²) in [6.45, 7) is 12.3. The summed E-state index contributed by atoms with van der Waals surface area (Å²) in [7, 11) is 0. The van der Waals surface area contributed by atoms with Crippen molar-refractivity contribution in [1.29, 1.82) is 0 Å². The van der Waals surface area contributed by atoms with Gasteiger partial charge in [0.25, 0.3) is 0 Å². The van der Waals surface area contributed by atoms with Gasteiger partial charge in [0, 0.05) is 37.6 Å². The predicted molar refractivity (Wildman–Crippen MR) is 226 cm³/mol. The molecule has 0 bridgehead atoms. The van der Waals surface area contributed by atoms with Crippen molar-refractivity contribution in [3.8, 4) is 0 Å². The molecule has 0 saturated heterocycles. The van der Waals surface area contributed by atoms with Crippen LogP contribution in [0.15, 0.2) is 103 Å². The molecule has 14 nitrogen and oxygen atoms in total. The molecule has 0 fully saturated rings. The average Bonchev–Trinajstić information content (AvgIpc) is 3.66. The molecule has 6 rings (SSSR count). The molecular weight excluding hydrogens is 781 g/mol. The Morgan fingerprint density at radius 3 is 1.36 bits per heavy atom. The van der Waals surface area contributed by atoms with E-state index in [4.69, 9.17) is 28.7 Å². The first-order chi connectivity index (χ1) is 29.5. The second-order valence-corrected chi connectivity index (χ2v) is 14.2. The Morgan fingerprint density at radius 1 is 0.557 bits per heavy atom. The van der Waals surface area contributed by atoms with Gasteiger partial charge in [-0.15, -0.1) is 0 Å². The molecule has 0 atom stereocenters. The number of hydrogen-bond donors (Lipinski definition) is 2. The minimum atomic E-state index is -0.476. The Kier molecular flexibility index (Phi) is 19.3. The Balaban J connectivity index is 0.000000288. The molecule has 0 saturated carbocycles. The van der Waals surface area contributed by atoms with E-state index >= 15 is 0 Å². The van der Waals surface area contributed by atoms with E-state index in [-0.39, 0.29) is 37.3 Å². The van der Waals surface area contributed by atoms with E-state index in [1.807, 2.05) is 96.8 Å². The summed E-state index contributed by atoms with van der Waals surface area (Å²) < 4.78 is 10.5. The first-order valence-corrected chi connectivity index (χ1v) is 20.2. The number of alkyl carbamates (subject to hydrolysis) is 2. The second-order valence-electron chi connectivity index (χ2n) is 14.2. The Hall–Kier alpha value is -6.88. The number of fused-ring (bicyclic) bond motifs is 2. The predicted octanol–water partition coefficient (Wildman–Crippen LogP) is 7.18. The van der Waals surface area contributed by atoms with Gasteiger partial charge in [-0.05, 0) is 72.6 Å². The second kappa shape index (κ2) is 24.3. The summed E-state index contributed by atoms with van der Waals surface area (Å²) in [5.74, 6) is 0.241. The number of carbonyl (C=O) groups excluding carboxylic acids is 8. The SMILES string of the molecule is CCC1(CC)C(=O)N(CCNC(=O)OCc2ccccc2)c2cc(C)ccc21.CCC1(CC)C(=O)N(CCNC(=O)OCc2ccccc2)c2ccccc21.O=C=O.O=C=O. The molecule has 4 aromatic carbocycles. The van der Waals surface area contributed by atoms with Crippen LogP contribution in [0.1, 0.15) is 81.2 Å². The Morgan fingerprint density at radius 2 is 0.934 bits per heavy atom. The van der Waals surface area contributed by atoms with Crippen LogP contribution in [0.3, 0.4) is 0 Å². The first-order valence-electron chi connectivity index (χ1n) is 20.2. The van der Waals surface area contributed by atoms with Crippen LogP contribution in [0, 0.1) is 6.92 Å². The monoisotopic (exact) mass is 834 g/mol. The highest BCUT2D eigenvalue weighted by atomic mass is 16.6. The van der Waals surface area contributed by atoms with E-state index in [2.05, 4.69) is 56.5 Å². The van der Waals surface area contributed by atoms with Crippen LogP contribution < -0.4 is 20.4 Å². The number of ether oxygens (including phenoxy) is 2. The fourth-order valence-electron chi connectivity index (χ4n) is 7.75. The molecule has 4 aromatic rings. The number of para-hydroxylation sites is 1. The zero-order valence-electron chi connectivity index (χ0n) is 35.4. The number of carbonyl (C=O) groups is 4. The molecule has 0 aliphatic carbocycles. The smallest absolute Gasteiger partial charge is 0.407 e. The highest BCUT2D eigenvalue weighted by Crippen LogP contribution is 2.47. The molecule has 61 heavy (non-hydrogen) atoms. The van der Waals surface area contributed by atoms with Crippen molar-refractivity contribution in [3.63, 3.8) is 0 Å². The van der Waals surface area contributed by atoms with E-state index in [0.29, 0.717) is 26.2 Å². The van der Waals surface area contributed by atoms with E-state index in [1.165, 1.54) is 0 Å². The molecule has 2 aliphatic rings. The van der Waals surface area contributed by atoms with Crippen LogP contribution in [0.4, 0.5) is 21.0 Å².